The molecule has 0 aliphatic carbocycles. The Morgan fingerprint density at radius 1 is 0.964 bits per heavy atom. The number of primary sulfonamides is 1. The lowest BCUT2D eigenvalue weighted by molar-refractivity contribution is 0.597. The van der Waals surface area contributed by atoms with Crippen molar-refractivity contribution in [2.24, 2.45) is 5.14 Å². The molecule has 2 aromatic heterocycles. The van der Waals surface area contributed by atoms with Gasteiger partial charge in [0.05, 0.1) is 28.7 Å². The molecule has 0 atom stereocenters. The number of fused-ring (bicyclic) bond motifs is 1. The standard InChI is InChI=1S/C18H14ClN5O3S/c19-17-15-10-21-24(14-8-6-12(7-9-14)11-28(20,26)27)18(25)16(15)22-23(17)13-4-2-1-3-5-13/h1-10H,11H2,(H2,20,26,27). The third kappa shape index (κ3) is 3.42. The lowest BCUT2D eigenvalue weighted by atomic mass is 10.2. The van der Waals surface area contributed by atoms with E-state index in [4.69, 9.17) is 16.7 Å². The number of nitrogens with zero attached hydrogens (tertiary/aromatic N) is 4. The normalized spacial score (nSPS) is 11.8. The van der Waals surface area contributed by atoms with Crippen molar-refractivity contribution in [3.8, 4) is 11.4 Å². The molecular weight excluding hydrogens is 402 g/mol. The third-order valence-corrected chi connectivity index (χ3v) is 5.21. The molecule has 8 nitrogen and oxygen atoms in total. The summed E-state index contributed by atoms with van der Waals surface area (Å²) in [4.78, 5) is 12.9. The minimum Gasteiger partial charge on any atom is -0.265 e. The van der Waals surface area contributed by atoms with Crippen molar-refractivity contribution in [1.29, 1.82) is 0 Å². The van der Waals surface area contributed by atoms with Crippen LogP contribution < -0.4 is 10.7 Å². The molecule has 28 heavy (non-hydrogen) atoms. The van der Waals surface area contributed by atoms with E-state index in [0.29, 0.717) is 21.8 Å². The molecule has 0 fully saturated rings. The maximum atomic E-state index is 12.9. The lowest BCUT2D eigenvalue weighted by Gasteiger charge is -2.05. The van der Waals surface area contributed by atoms with Crippen molar-refractivity contribution in [1.82, 2.24) is 19.6 Å². The summed E-state index contributed by atoms with van der Waals surface area (Å²) in [6, 6.07) is 15.6. The van der Waals surface area contributed by atoms with Gasteiger partial charge in [-0.15, -0.1) is 0 Å². The molecule has 4 aromatic rings. The Bertz CT molecular complexity index is 1330. The van der Waals surface area contributed by atoms with Gasteiger partial charge in [-0.2, -0.15) is 14.9 Å². The molecule has 0 bridgehead atoms. The predicted octanol–water partition coefficient (Wildman–Crippen LogP) is 2.01. The molecule has 0 saturated carbocycles. The zero-order chi connectivity index (χ0) is 19.9. The van der Waals surface area contributed by atoms with E-state index in [1.165, 1.54) is 15.6 Å². The Hall–Kier alpha value is -3.01. The summed E-state index contributed by atoms with van der Waals surface area (Å²) in [6.07, 6.45) is 1.48. The third-order valence-electron chi connectivity index (χ3n) is 4.11. The maximum absolute atomic E-state index is 12.9. The highest BCUT2D eigenvalue weighted by atomic mass is 35.5. The predicted molar refractivity (Wildman–Crippen MR) is 106 cm³/mol. The molecule has 142 valence electrons. The second-order valence-electron chi connectivity index (χ2n) is 6.14. The van der Waals surface area contributed by atoms with E-state index < -0.39 is 15.6 Å². The topological polar surface area (TPSA) is 113 Å². The smallest absolute Gasteiger partial charge is 0.265 e. The van der Waals surface area contributed by atoms with Crippen LogP contribution in [-0.2, 0) is 15.8 Å². The van der Waals surface area contributed by atoms with Crippen LogP contribution in [0.4, 0.5) is 0 Å². The summed E-state index contributed by atoms with van der Waals surface area (Å²) in [5.74, 6) is -0.286. The summed E-state index contributed by atoms with van der Waals surface area (Å²) in [6.45, 7) is 0. The zero-order valence-electron chi connectivity index (χ0n) is 14.4. The van der Waals surface area contributed by atoms with Crippen LogP contribution in [0.5, 0.6) is 0 Å². The highest BCUT2D eigenvalue weighted by molar-refractivity contribution is 7.88. The number of nitrogens with two attached hydrogens (primary N) is 1. The Morgan fingerprint density at radius 2 is 1.61 bits per heavy atom. The van der Waals surface area contributed by atoms with E-state index in [0.717, 1.165) is 5.69 Å². The van der Waals surface area contributed by atoms with Gasteiger partial charge in [0.2, 0.25) is 10.0 Å². The first kappa shape index (κ1) is 18.4. The molecule has 2 aromatic carbocycles. The molecule has 0 amide bonds. The van der Waals surface area contributed by atoms with Crippen LogP contribution in [0.3, 0.4) is 0 Å². The first-order valence-corrected chi connectivity index (χ1v) is 10.2. The number of sulfonamides is 1. The number of benzene rings is 2. The van der Waals surface area contributed by atoms with Crippen LogP contribution in [0.1, 0.15) is 5.56 Å². The van der Waals surface area contributed by atoms with Gasteiger partial charge < -0.3 is 0 Å². The van der Waals surface area contributed by atoms with Crippen LogP contribution >= 0.6 is 11.6 Å². The van der Waals surface area contributed by atoms with Crippen LogP contribution in [0, 0.1) is 0 Å². The fourth-order valence-corrected chi connectivity index (χ4v) is 3.77. The van der Waals surface area contributed by atoms with Crippen LogP contribution in [0.25, 0.3) is 22.3 Å². The van der Waals surface area contributed by atoms with E-state index in [2.05, 4.69) is 10.2 Å². The van der Waals surface area contributed by atoms with Crippen molar-refractivity contribution in [3.05, 3.63) is 81.9 Å². The minimum atomic E-state index is -3.63. The average Bonchev–Trinajstić information content (AvgIpc) is 3.00. The average molecular weight is 416 g/mol. The Labute approximate surface area is 164 Å². The highest BCUT2D eigenvalue weighted by Crippen LogP contribution is 2.24. The number of para-hydroxylation sites is 1. The second kappa shape index (κ2) is 6.86. The molecule has 2 N–H and O–H groups in total. The molecule has 4 rings (SSSR count). The molecular formula is C18H14ClN5O3S. The SMILES string of the molecule is NS(=O)(=O)Cc1ccc(-n2ncc3c(Cl)n(-c4ccccc4)nc3c2=O)cc1. The number of aromatic nitrogens is 4. The van der Waals surface area contributed by atoms with Gasteiger partial charge in [-0.05, 0) is 29.8 Å². The van der Waals surface area contributed by atoms with Gasteiger partial charge >= 0.3 is 0 Å². The second-order valence-corrected chi connectivity index (χ2v) is 8.11. The quantitative estimate of drug-likeness (QED) is 0.547. The van der Waals surface area contributed by atoms with Crippen molar-refractivity contribution in [2.45, 2.75) is 5.75 Å². The summed E-state index contributed by atoms with van der Waals surface area (Å²) in [7, 11) is -3.63. The lowest BCUT2D eigenvalue weighted by Crippen LogP contribution is -2.21. The number of halogens is 1. The number of rotatable bonds is 4. The summed E-state index contributed by atoms with van der Waals surface area (Å²) < 4.78 is 25.1. The Kier molecular flexibility index (Phi) is 4.50. The molecule has 2 heterocycles. The maximum Gasteiger partial charge on any atom is 0.299 e. The van der Waals surface area contributed by atoms with Crippen molar-refractivity contribution in [3.63, 3.8) is 0 Å². The molecule has 0 aliphatic heterocycles. The summed E-state index contributed by atoms with van der Waals surface area (Å²) in [5.41, 5.74) is 1.44. The Morgan fingerprint density at radius 3 is 2.25 bits per heavy atom. The van der Waals surface area contributed by atoms with E-state index in [1.54, 1.807) is 24.3 Å². The first-order valence-electron chi connectivity index (χ1n) is 8.15. The molecule has 10 heteroatoms. The summed E-state index contributed by atoms with van der Waals surface area (Å²) >= 11 is 6.39. The van der Waals surface area contributed by atoms with E-state index in [1.807, 2.05) is 30.3 Å². The van der Waals surface area contributed by atoms with Crippen molar-refractivity contribution in [2.75, 3.05) is 0 Å². The van der Waals surface area contributed by atoms with Gasteiger partial charge in [0.15, 0.2) is 5.52 Å². The molecule has 0 spiro atoms. The zero-order valence-corrected chi connectivity index (χ0v) is 15.9. The van der Waals surface area contributed by atoms with Crippen molar-refractivity contribution < 1.29 is 8.42 Å². The molecule has 0 aliphatic rings. The van der Waals surface area contributed by atoms with Crippen molar-refractivity contribution >= 4 is 32.5 Å². The van der Waals surface area contributed by atoms with Gasteiger partial charge in [0.25, 0.3) is 5.56 Å². The largest absolute Gasteiger partial charge is 0.299 e. The van der Waals surface area contributed by atoms with E-state index in [-0.39, 0.29) is 11.3 Å². The van der Waals surface area contributed by atoms with Gasteiger partial charge in [-0.1, -0.05) is 41.9 Å². The number of hydrogen-bond donors (Lipinski definition) is 1. The fraction of sp³-hybridized carbons (Fsp3) is 0.0556. The summed E-state index contributed by atoms with van der Waals surface area (Å²) in [5, 5.41) is 14.3. The molecule has 0 unspecified atom stereocenters. The van der Waals surface area contributed by atoms with Gasteiger partial charge in [-0.25, -0.2) is 18.2 Å². The van der Waals surface area contributed by atoms with Gasteiger partial charge in [0, 0.05) is 0 Å². The van der Waals surface area contributed by atoms with E-state index in [9.17, 15) is 13.2 Å². The van der Waals surface area contributed by atoms with Gasteiger partial charge in [-0.3, -0.25) is 4.79 Å². The Balaban J connectivity index is 1.79. The molecule has 0 saturated heterocycles. The van der Waals surface area contributed by atoms with Gasteiger partial charge in [0.1, 0.15) is 5.15 Å². The fourth-order valence-electron chi connectivity index (χ4n) is 2.84. The number of hydrogen-bond acceptors (Lipinski definition) is 5. The highest BCUT2D eigenvalue weighted by Gasteiger charge is 2.16. The van der Waals surface area contributed by atoms with Crippen LogP contribution in [0.15, 0.2) is 65.6 Å². The van der Waals surface area contributed by atoms with Crippen LogP contribution in [-0.4, -0.2) is 28.0 Å². The minimum absolute atomic E-state index is 0.178. The van der Waals surface area contributed by atoms with Crippen LogP contribution in [0.2, 0.25) is 5.15 Å². The monoisotopic (exact) mass is 415 g/mol. The molecule has 0 radical (unpaired) electrons. The first-order chi connectivity index (χ1) is 13.3. The van der Waals surface area contributed by atoms with E-state index >= 15 is 0 Å².